The highest BCUT2D eigenvalue weighted by Gasteiger charge is 2.27. The summed E-state index contributed by atoms with van der Waals surface area (Å²) < 4.78 is 15.9. The number of carbonyl (C=O) groups excluding carboxylic acids is 1. The van der Waals surface area contributed by atoms with Crippen molar-refractivity contribution in [1.82, 2.24) is 19.5 Å². The summed E-state index contributed by atoms with van der Waals surface area (Å²) in [6.45, 7) is 3.20. The Morgan fingerprint density at radius 1 is 1.37 bits per heavy atom. The minimum Gasteiger partial charge on any atom is -0.342 e. The maximum Gasteiger partial charge on any atom is 0.227 e. The summed E-state index contributed by atoms with van der Waals surface area (Å²) in [5.74, 6) is -0.371. The Kier molecular flexibility index (Phi) is 4.83. The van der Waals surface area contributed by atoms with Gasteiger partial charge in [0.25, 0.3) is 0 Å². The van der Waals surface area contributed by atoms with Gasteiger partial charge in [-0.25, -0.2) is 13.9 Å². The highest BCUT2D eigenvalue weighted by Crippen LogP contribution is 2.28. The van der Waals surface area contributed by atoms with Crippen molar-refractivity contribution in [3.05, 3.63) is 64.3 Å². The fourth-order valence-electron chi connectivity index (χ4n) is 3.75. The predicted octanol–water partition coefficient (Wildman–Crippen LogP) is 3.78. The van der Waals surface area contributed by atoms with Crippen LogP contribution < -0.4 is 0 Å². The Morgan fingerprint density at radius 2 is 2.22 bits per heavy atom. The molecule has 0 unspecified atom stereocenters. The van der Waals surface area contributed by atoms with E-state index in [-0.39, 0.29) is 23.8 Å². The van der Waals surface area contributed by atoms with Crippen LogP contribution in [0.4, 0.5) is 4.39 Å². The summed E-state index contributed by atoms with van der Waals surface area (Å²) in [7, 11) is 0. The number of carbonyl (C=O) groups is 1. The first-order valence-electron chi connectivity index (χ1n) is 9.05. The Bertz CT molecular complexity index is 983. The molecule has 2 aromatic heterocycles. The normalized spacial score (nSPS) is 17.4. The van der Waals surface area contributed by atoms with Gasteiger partial charge in [-0.15, -0.1) is 0 Å². The molecule has 4 rings (SSSR count). The van der Waals surface area contributed by atoms with E-state index in [1.807, 2.05) is 23.6 Å². The van der Waals surface area contributed by atoms with Crippen LogP contribution in [0.5, 0.6) is 0 Å². The topological polar surface area (TPSA) is 50.5 Å². The molecule has 7 heteroatoms. The number of amides is 1. The van der Waals surface area contributed by atoms with Crippen molar-refractivity contribution in [2.24, 2.45) is 0 Å². The maximum atomic E-state index is 14.0. The Balaban J connectivity index is 1.55. The van der Waals surface area contributed by atoms with E-state index in [1.54, 1.807) is 23.2 Å². The number of nitrogens with zero attached hydrogens (tertiary/aromatic N) is 4. The van der Waals surface area contributed by atoms with Crippen molar-refractivity contribution in [2.45, 2.75) is 32.1 Å². The van der Waals surface area contributed by atoms with Gasteiger partial charge in [0.05, 0.1) is 17.8 Å². The van der Waals surface area contributed by atoms with Gasteiger partial charge in [0.2, 0.25) is 5.91 Å². The second kappa shape index (κ2) is 7.27. The SMILES string of the molecule is Cc1cc2nccc([C@@H]3CCCN(C(=O)Cc4c(F)cccc4Cl)C3)n2n1. The molecule has 0 spiro atoms. The summed E-state index contributed by atoms with van der Waals surface area (Å²) in [5, 5.41) is 4.82. The lowest BCUT2D eigenvalue weighted by molar-refractivity contribution is -0.131. The van der Waals surface area contributed by atoms with Gasteiger partial charge >= 0.3 is 0 Å². The second-order valence-electron chi connectivity index (χ2n) is 6.98. The number of halogens is 2. The zero-order valence-corrected chi connectivity index (χ0v) is 15.8. The van der Waals surface area contributed by atoms with Crippen molar-refractivity contribution in [3.8, 4) is 0 Å². The molecule has 1 fully saturated rings. The third kappa shape index (κ3) is 3.54. The molecule has 1 atom stereocenters. The fourth-order valence-corrected chi connectivity index (χ4v) is 3.98. The number of likely N-dealkylation sites (tertiary alicyclic amines) is 1. The van der Waals surface area contributed by atoms with Gasteiger partial charge in [-0.1, -0.05) is 17.7 Å². The Labute approximate surface area is 161 Å². The van der Waals surface area contributed by atoms with Crippen LogP contribution >= 0.6 is 11.6 Å². The second-order valence-corrected chi connectivity index (χ2v) is 7.39. The number of benzene rings is 1. The molecule has 1 aliphatic rings. The Morgan fingerprint density at radius 3 is 3.04 bits per heavy atom. The summed E-state index contributed by atoms with van der Waals surface area (Å²) in [4.78, 5) is 18.9. The van der Waals surface area contributed by atoms with Crippen molar-refractivity contribution in [3.63, 3.8) is 0 Å². The third-order valence-corrected chi connectivity index (χ3v) is 5.45. The monoisotopic (exact) mass is 386 g/mol. The van der Waals surface area contributed by atoms with Crippen LogP contribution in [0.15, 0.2) is 36.5 Å². The molecule has 0 bridgehead atoms. The average molecular weight is 387 g/mol. The zero-order chi connectivity index (χ0) is 19.0. The molecule has 1 saturated heterocycles. The van der Waals surface area contributed by atoms with Crippen molar-refractivity contribution in [2.75, 3.05) is 13.1 Å². The van der Waals surface area contributed by atoms with E-state index >= 15 is 0 Å². The van der Waals surface area contributed by atoms with Crippen LogP contribution in [0.2, 0.25) is 5.02 Å². The predicted molar refractivity (Wildman–Crippen MR) is 101 cm³/mol. The first-order chi connectivity index (χ1) is 13.0. The molecule has 140 valence electrons. The van der Waals surface area contributed by atoms with E-state index in [9.17, 15) is 9.18 Å². The Hall–Kier alpha value is -2.47. The molecule has 3 aromatic rings. The van der Waals surface area contributed by atoms with E-state index in [1.165, 1.54) is 6.07 Å². The van der Waals surface area contributed by atoms with E-state index in [4.69, 9.17) is 11.6 Å². The van der Waals surface area contributed by atoms with Crippen molar-refractivity contribution in [1.29, 1.82) is 0 Å². The molecule has 1 aliphatic heterocycles. The largest absolute Gasteiger partial charge is 0.342 e. The molecule has 27 heavy (non-hydrogen) atoms. The van der Waals surface area contributed by atoms with Crippen LogP contribution in [0.1, 0.15) is 35.7 Å². The van der Waals surface area contributed by atoms with Gasteiger partial charge in [0.15, 0.2) is 5.65 Å². The number of aryl methyl sites for hydroxylation is 1. The molecule has 0 N–H and O–H groups in total. The van der Waals surface area contributed by atoms with Gasteiger partial charge in [-0.2, -0.15) is 5.10 Å². The summed E-state index contributed by atoms with van der Waals surface area (Å²) in [6.07, 6.45) is 3.63. The molecular weight excluding hydrogens is 367 g/mol. The molecule has 3 heterocycles. The summed E-state index contributed by atoms with van der Waals surface area (Å²) >= 11 is 6.08. The number of piperidine rings is 1. The average Bonchev–Trinajstić information content (AvgIpc) is 3.05. The highest BCUT2D eigenvalue weighted by molar-refractivity contribution is 6.31. The number of aromatic nitrogens is 3. The van der Waals surface area contributed by atoms with Gasteiger partial charge in [-0.3, -0.25) is 4.79 Å². The number of hydrogen-bond acceptors (Lipinski definition) is 3. The first-order valence-corrected chi connectivity index (χ1v) is 9.42. The van der Waals surface area contributed by atoms with Gasteiger partial charge in [0, 0.05) is 41.9 Å². The standard InChI is InChI=1S/C20H20ClFN4O/c1-13-10-19-23-8-7-18(26(19)24-13)14-4-3-9-25(12-14)20(27)11-15-16(21)5-2-6-17(15)22/h2,5-8,10,14H,3-4,9,11-12H2,1H3/t14-/m1/s1. The number of fused-ring (bicyclic) bond motifs is 1. The molecule has 5 nitrogen and oxygen atoms in total. The van der Waals surface area contributed by atoms with E-state index in [0.29, 0.717) is 18.1 Å². The lowest BCUT2D eigenvalue weighted by Gasteiger charge is -2.33. The highest BCUT2D eigenvalue weighted by atomic mass is 35.5. The van der Waals surface area contributed by atoms with E-state index in [2.05, 4.69) is 10.1 Å². The van der Waals surface area contributed by atoms with E-state index in [0.717, 1.165) is 29.9 Å². The molecule has 0 saturated carbocycles. The zero-order valence-electron chi connectivity index (χ0n) is 15.0. The first kappa shape index (κ1) is 17.9. The third-order valence-electron chi connectivity index (χ3n) is 5.09. The smallest absolute Gasteiger partial charge is 0.227 e. The minimum atomic E-state index is -0.438. The molecule has 1 amide bonds. The summed E-state index contributed by atoms with van der Waals surface area (Å²) in [6, 6.07) is 8.39. The molecule has 1 aromatic carbocycles. The van der Waals surface area contributed by atoms with Gasteiger partial charge in [0.1, 0.15) is 5.82 Å². The van der Waals surface area contributed by atoms with Crippen LogP contribution in [0.3, 0.4) is 0 Å². The van der Waals surface area contributed by atoms with Crippen molar-refractivity contribution < 1.29 is 9.18 Å². The number of hydrogen-bond donors (Lipinski definition) is 0. The lowest BCUT2D eigenvalue weighted by Crippen LogP contribution is -2.40. The van der Waals surface area contributed by atoms with Crippen LogP contribution in [0.25, 0.3) is 5.65 Å². The minimum absolute atomic E-state index is 0.0230. The number of rotatable bonds is 3. The molecular formula is C20H20ClFN4O. The molecule has 0 aliphatic carbocycles. The van der Waals surface area contributed by atoms with Gasteiger partial charge in [-0.05, 0) is 38.0 Å². The van der Waals surface area contributed by atoms with Crippen LogP contribution in [-0.4, -0.2) is 38.5 Å². The molecule has 0 radical (unpaired) electrons. The quantitative estimate of drug-likeness (QED) is 0.688. The van der Waals surface area contributed by atoms with E-state index < -0.39 is 5.82 Å². The van der Waals surface area contributed by atoms with Gasteiger partial charge < -0.3 is 4.90 Å². The lowest BCUT2D eigenvalue weighted by atomic mass is 9.94. The van der Waals surface area contributed by atoms with Crippen molar-refractivity contribution >= 4 is 23.2 Å². The van der Waals surface area contributed by atoms with Crippen LogP contribution in [-0.2, 0) is 11.2 Å². The van der Waals surface area contributed by atoms with Crippen LogP contribution in [0, 0.1) is 12.7 Å². The maximum absolute atomic E-state index is 14.0. The fraction of sp³-hybridized carbons (Fsp3) is 0.350. The summed E-state index contributed by atoms with van der Waals surface area (Å²) in [5.41, 5.74) is 3.04.